The Morgan fingerprint density at radius 2 is 1.95 bits per heavy atom. The average Bonchev–Trinajstić information content (AvgIpc) is 2.43. The number of benzene rings is 1. The maximum Gasteiger partial charge on any atom is 0.0419 e. The second kappa shape index (κ2) is 6.45. The van der Waals surface area contributed by atoms with E-state index in [0.29, 0.717) is 0 Å². The summed E-state index contributed by atoms with van der Waals surface area (Å²) in [6.45, 7) is 4.27. The van der Waals surface area contributed by atoms with Crippen molar-refractivity contribution in [1.82, 2.24) is 10.4 Å². The highest BCUT2D eigenvalue weighted by Crippen LogP contribution is 2.12. The zero-order chi connectivity index (χ0) is 13.7. The van der Waals surface area contributed by atoms with Crippen LogP contribution in [-0.4, -0.2) is 11.0 Å². The van der Waals surface area contributed by atoms with Crippen LogP contribution in [-0.2, 0) is 12.8 Å². The van der Waals surface area contributed by atoms with Crippen LogP contribution in [0.15, 0.2) is 42.6 Å². The van der Waals surface area contributed by atoms with Gasteiger partial charge in [-0.1, -0.05) is 24.3 Å². The van der Waals surface area contributed by atoms with Crippen LogP contribution in [0.1, 0.15) is 22.4 Å². The largest absolute Gasteiger partial charge is 0.271 e. The maximum absolute atomic E-state index is 5.66. The monoisotopic (exact) mass is 255 g/mol. The van der Waals surface area contributed by atoms with Gasteiger partial charge in [-0.3, -0.25) is 16.3 Å². The third kappa shape index (κ3) is 3.88. The van der Waals surface area contributed by atoms with Gasteiger partial charge in [-0.15, -0.1) is 0 Å². The number of nitrogens with two attached hydrogens (primary N) is 1. The lowest BCUT2D eigenvalue weighted by Crippen LogP contribution is -2.38. The van der Waals surface area contributed by atoms with Gasteiger partial charge in [-0.2, -0.15) is 0 Å². The van der Waals surface area contributed by atoms with Crippen molar-refractivity contribution < 1.29 is 0 Å². The number of hydrogen-bond donors (Lipinski definition) is 2. The van der Waals surface area contributed by atoms with Gasteiger partial charge in [-0.05, 0) is 49.1 Å². The minimum atomic E-state index is 0.206. The summed E-state index contributed by atoms with van der Waals surface area (Å²) in [6.07, 6.45) is 3.57. The molecule has 2 aromatic rings. The molecule has 0 aliphatic heterocycles. The Kier molecular flexibility index (Phi) is 4.66. The summed E-state index contributed by atoms with van der Waals surface area (Å²) in [5.41, 5.74) is 7.91. The summed E-state index contributed by atoms with van der Waals surface area (Å²) < 4.78 is 0. The van der Waals surface area contributed by atoms with E-state index < -0.39 is 0 Å². The van der Waals surface area contributed by atoms with Crippen LogP contribution in [0.2, 0.25) is 0 Å². The predicted molar refractivity (Wildman–Crippen MR) is 78.7 cm³/mol. The zero-order valence-corrected chi connectivity index (χ0v) is 11.6. The highest BCUT2D eigenvalue weighted by atomic mass is 15.2. The van der Waals surface area contributed by atoms with Crippen molar-refractivity contribution in [2.45, 2.75) is 32.7 Å². The molecule has 0 saturated heterocycles. The Hall–Kier alpha value is -1.71. The fourth-order valence-corrected chi connectivity index (χ4v) is 2.18. The zero-order valence-electron chi connectivity index (χ0n) is 11.6. The van der Waals surface area contributed by atoms with Crippen molar-refractivity contribution in [3.05, 3.63) is 65.0 Å². The van der Waals surface area contributed by atoms with E-state index in [4.69, 9.17) is 5.84 Å². The molecule has 0 aliphatic rings. The van der Waals surface area contributed by atoms with Crippen LogP contribution in [0.4, 0.5) is 0 Å². The van der Waals surface area contributed by atoms with E-state index in [1.165, 1.54) is 16.7 Å². The molecule has 0 spiro atoms. The van der Waals surface area contributed by atoms with Crippen molar-refractivity contribution in [3.63, 3.8) is 0 Å². The summed E-state index contributed by atoms with van der Waals surface area (Å²) in [4.78, 5) is 4.34. The lowest BCUT2D eigenvalue weighted by molar-refractivity contribution is 0.517. The first kappa shape index (κ1) is 13.7. The lowest BCUT2D eigenvalue weighted by atomic mass is 9.99. The Morgan fingerprint density at radius 3 is 2.58 bits per heavy atom. The quantitative estimate of drug-likeness (QED) is 0.637. The van der Waals surface area contributed by atoms with Crippen LogP contribution in [0.25, 0.3) is 0 Å². The Bertz CT molecular complexity index is 523. The summed E-state index contributed by atoms with van der Waals surface area (Å²) in [5.74, 6) is 5.66. The van der Waals surface area contributed by atoms with E-state index in [1.54, 1.807) is 0 Å². The molecule has 0 saturated carbocycles. The lowest BCUT2D eigenvalue weighted by Gasteiger charge is -2.16. The molecule has 19 heavy (non-hydrogen) atoms. The Labute approximate surface area is 114 Å². The van der Waals surface area contributed by atoms with Gasteiger partial charge in [0.2, 0.25) is 0 Å². The highest BCUT2D eigenvalue weighted by Gasteiger charge is 2.10. The molecule has 0 fully saturated rings. The summed E-state index contributed by atoms with van der Waals surface area (Å²) >= 11 is 0. The third-order valence-corrected chi connectivity index (χ3v) is 3.47. The molecular formula is C16H21N3. The molecule has 3 N–H and O–H groups in total. The van der Waals surface area contributed by atoms with E-state index in [2.05, 4.69) is 42.5 Å². The van der Waals surface area contributed by atoms with Crippen molar-refractivity contribution in [3.8, 4) is 0 Å². The molecule has 0 amide bonds. The fourth-order valence-electron chi connectivity index (χ4n) is 2.18. The molecular weight excluding hydrogens is 234 g/mol. The SMILES string of the molecule is Cc1ccc(CC(Cc2ccccn2)NN)cc1C. The van der Waals surface area contributed by atoms with Crippen LogP contribution >= 0.6 is 0 Å². The molecule has 0 aliphatic carbocycles. The topological polar surface area (TPSA) is 50.9 Å². The van der Waals surface area contributed by atoms with Crippen LogP contribution < -0.4 is 11.3 Å². The van der Waals surface area contributed by atoms with Gasteiger partial charge in [0.05, 0.1) is 0 Å². The standard InChI is InChI=1S/C16H21N3/c1-12-6-7-14(9-13(12)2)10-16(19-17)11-15-5-3-4-8-18-15/h3-9,16,19H,10-11,17H2,1-2H3. The normalized spacial score (nSPS) is 12.4. The number of aromatic nitrogens is 1. The number of nitrogens with zero attached hydrogens (tertiary/aromatic N) is 1. The van der Waals surface area contributed by atoms with Gasteiger partial charge in [0.15, 0.2) is 0 Å². The van der Waals surface area contributed by atoms with Crippen LogP contribution in [0.3, 0.4) is 0 Å². The molecule has 1 atom stereocenters. The molecule has 1 aromatic carbocycles. The first-order valence-corrected chi connectivity index (χ1v) is 6.61. The third-order valence-electron chi connectivity index (χ3n) is 3.47. The summed E-state index contributed by atoms with van der Waals surface area (Å²) in [6, 6.07) is 12.7. The summed E-state index contributed by atoms with van der Waals surface area (Å²) in [7, 11) is 0. The number of hydrazine groups is 1. The minimum Gasteiger partial charge on any atom is -0.271 e. The van der Waals surface area contributed by atoms with Crippen LogP contribution in [0.5, 0.6) is 0 Å². The van der Waals surface area contributed by atoms with E-state index in [9.17, 15) is 0 Å². The van der Waals surface area contributed by atoms with Crippen LogP contribution in [0, 0.1) is 13.8 Å². The maximum atomic E-state index is 5.66. The molecule has 0 radical (unpaired) electrons. The number of pyridine rings is 1. The number of nitrogens with one attached hydrogen (secondary N) is 1. The average molecular weight is 255 g/mol. The van der Waals surface area contributed by atoms with E-state index in [0.717, 1.165) is 18.5 Å². The number of aryl methyl sites for hydroxylation is 2. The first-order valence-electron chi connectivity index (χ1n) is 6.61. The minimum absolute atomic E-state index is 0.206. The fraction of sp³-hybridized carbons (Fsp3) is 0.312. The first-order chi connectivity index (χ1) is 9.19. The molecule has 1 heterocycles. The van der Waals surface area contributed by atoms with Gasteiger partial charge >= 0.3 is 0 Å². The molecule has 2 rings (SSSR count). The van der Waals surface area contributed by atoms with Crippen molar-refractivity contribution in [2.24, 2.45) is 5.84 Å². The Balaban J connectivity index is 2.04. The van der Waals surface area contributed by atoms with E-state index >= 15 is 0 Å². The second-order valence-electron chi connectivity index (χ2n) is 5.01. The van der Waals surface area contributed by atoms with Gasteiger partial charge in [0, 0.05) is 24.4 Å². The van der Waals surface area contributed by atoms with E-state index in [1.807, 2.05) is 24.4 Å². The number of hydrogen-bond acceptors (Lipinski definition) is 3. The molecule has 0 bridgehead atoms. The molecule has 1 unspecified atom stereocenters. The highest BCUT2D eigenvalue weighted by molar-refractivity contribution is 5.30. The number of rotatable bonds is 5. The van der Waals surface area contributed by atoms with Gasteiger partial charge in [0.1, 0.15) is 0 Å². The van der Waals surface area contributed by atoms with Crippen molar-refractivity contribution in [1.29, 1.82) is 0 Å². The Morgan fingerprint density at radius 1 is 1.11 bits per heavy atom. The molecule has 1 aromatic heterocycles. The van der Waals surface area contributed by atoms with Crippen molar-refractivity contribution in [2.75, 3.05) is 0 Å². The van der Waals surface area contributed by atoms with Gasteiger partial charge < -0.3 is 0 Å². The predicted octanol–water partition coefficient (Wildman–Crippen LogP) is 2.32. The summed E-state index contributed by atoms with van der Waals surface area (Å²) in [5, 5.41) is 0. The smallest absolute Gasteiger partial charge is 0.0419 e. The van der Waals surface area contributed by atoms with Crippen molar-refractivity contribution >= 4 is 0 Å². The van der Waals surface area contributed by atoms with Gasteiger partial charge in [-0.25, -0.2) is 0 Å². The second-order valence-corrected chi connectivity index (χ2v) is 5.01. The van der Waals surface area contributed by atoms with E-state index in [-0.39, 0.29) is 6.04 Å². The van der Waals surface area contributed by atoms with Gasteiger partial charge in [0.25, 0.3) is 0 Å². The molecule has 100 valence electrons. The molecule has 3 nitrogen and oxygen atoms in total. The molecule has 3 heteroatoms.